The van der Waals surface area contributed by atoms with Gasteiger partial charge in [0.2, 0.25) is 5.91 Å². The van der Waals surface area contributed by atoms with Crippen LogP contribution in [-0.2, 0) is 14.9 Å². The normalized spacial score (nSPS) is 12.7. The van der Waals surface area contributed by atoms with Crippen LogP contribution in [0.25, 0.3) is 0 Å². The molecule has 0 unspecified atom stereocenters. The van der Waals surface area contributed by atoms with E-state index in [2.05, 4.69) is 0 Å². The lowest BCUT2D eigenvalue weighted by atomic mass is 10.1. The van der Waals surface area contributed by atoms with Crippen molar-refractivity contribution in [3.63, 3.8) is 0 Å². The van der Waals surface area contributed by atoms with Gasteiger partial charge in [0.05, 0.1) is 11.3 Å². The van der Waals surface area contributed by atoms with Crippen LogP contribution in [0.1, 0.15) is 20.8 Å². The minimum absolute atomic E-state index is 0.477. The van der Waals surface area contributed by atoms with Crippen molar-refractivity contribution >= 4 is 27.8 Å². The molecule has 0 aromatic carbocycles. The molecular formula is C6H12ClNO4S. The summed E-state index contributed by atoms with van der Waals surface area (Å²) in [4.78, 5) is 10.8. The van der Waals surface area contributed by atoms with Crippen molar-refractivity contribution in [2.24, 2.45) is 0 Å². The Hall–Kier alpha value is -0.330. The zero-order valence-corrected chi connectivity index (χ0v) is 9.18. The monoisotopic (exact) mass is 229 g/mol. The van der Waals surface area contributed by atoms with E-state index >= 15 is 0 Å². The molecule has 5 nitrogen and oxygen atoms in total. The van der Waals surface area contributed by atoms with Gasteiger partial charge in [0, 0.05) is 18.7 Å². The molecule has 0 fully saturated rings. The zero-order chi connectivity index (χ0) is 10.9. The molecule has 1 N–H and O–H groups in total. The van der Waals surface area contributed by atoms with Crippen molar-refractivity contribution in [1.29, 1.82) is 0 Å². The predicted molar refractivity (Wildman–Crippen MR) is 48.9 cm³/mol. The van der Waals surface area contributed by atoms with E-state index in [-0.39, 0.29) is 0 Å². The van der Waals surface area contributed by atoms with Gasteiger partial charge in [-0.25, -0.2) is 4.42 Å². The van der Waals surface area contributed by atoms with Gasteiger partial charge in [-0.05, 0) is 13.8 Å². The molecule has 0 aliphatic heterocycles. The Morgan fingerprint density at radius 1 is 1.54 bits per heavy atom. The number of halogens is 1. The second-order valence-electron chi connectivity index (χ2n) is 3.34. The van der Waals surface area contributed by atoms with Crippen molar-refractivity contribution in [3.8, 4) is 0 Å². The molecule has 0 spiro atoms. The van der Waals surface area contributed by atoms with Crippen LogP contribution < -0.4 is 0 Å². The minimum Gasteiger partial charge on any atom is -0.285 e. The van der Waals surface area contributed by atoms with Gasteiger partial charge in [-0.1, -0.05) is 0 Å². The van der Waals surface area contributed by atoms with Crippen molar-refractivity contribution < 1.29 is 17.8 Å². The first-order valence-electron chi connectivity index (χ1n) is 3.48. The van der Waals surface area contributed by atoms with Gasteiger partial charge in [-0.15, -0.1) is 0 Å². The Labute approximate surface area is 82.5 Å². The molecule has 0 aromatic heterocycles. The fourth-order valence-corrected chi connectivity index (χ4v) is 2.08. The molecule has 0 aliphatic carbocycles. The van der Waals surface area contributed by atoms with Crippen LogP contribution in [0.4, 0.5) is 0 Å². The molecule has 0 bridgehead atoms. The van der Waals surface area contributed by atoms with Crippen LogP contribution in [-0.4, -0.2) is 34.6 Å². The maximum absolute atomic E-state index is 10.8. The molecular weight excluding hydrogens is 218 g/mol. The van der Waals surface area contributed by atoms with Gasteiger partial charge in [0.25, 0.3) is 10.1 Å². The van der Waals surface area contributed by atoms with Gasteiger partial charge in [-0.3, -0.25) is 9.35 Å². The number of nitrogens with zero attached hydrogens (tertiary/aromatic N) is 1. The Bertz CT molecular complexity index is 298. The molecule has 13 heavy (non-hydrogen) atoms. The van der Waals surface area contributed by atoms with Crippen LogP contribution in [0.5, 0.6) is 0 Å². The Morgan fingerprint density at radius 2 is 1.92 bits per heavy atom. The largest absolute Gasteiger partial charge is 0.285 e. The van der Waals surface area contributed by atoms with Crippen LogP contribution in [0, 0.1) is 0 Å². The van der Waals surface area contributed by atoms with Crippen LogP contribution in [0.15, 0.2) is 0 Å². The number of carbonyl (C=O) groups is 1. The summed E-state index contributed by atoms with van der Waals surface area (Å²) in [7, 11) is -4.14. The molecule has 0 saturated heterocycles. The van der Waals surface area contributed by atoms with E-state index in [1.165, 1.54) is 20.8 Å². The number of amides is 1. The Kier molecular flexibility index (Phi) is 3.71. The number of rotatable bonds is 3. The minimum atomic E-state index is -4.14. The highest BCUT2D eigenvalue weighted by atomic mass is 35.5. The average Bonchev–Trinajstić information content (AvgIpc) is 1.80. The van der Waals surface area contributed by atoms with E-state index in [0.717, 1.165) is 4.42 Å². The highest BCUT2D eigenvalue weighted by Gasteiger charge is 2.32. The van der Waals surface area contributed by atoms with Gasteiger partial charge >= 0.3 is 0 Å². The second-order valence-corrected chi connectivity index (χ2v) is 5.13. The molecule has 0 rings (SSSR count). The summed E-state index contributed by atoms with van der Waals surface area (Å²) in [5.41, 5.74) is -1.12. The lowest BCUT2D eigenvalue weighted by Gasteiger charge is -2.30. The van der Waals surface area contributed by atoms with Crippen LogP contribution >= 0.6 is 11.8 Å². The highest BCUT2D eigenvalue weighted by molar-refractivity contribution is 7.85. The molecule has 0 aliphatic rings. The first-order valence-corrected chi connectivity index (χ1v) is 5.43. The van der Waals surface area contributed by atoms with E-state index in [4.69, 9.17) is 16.3 Å². The third kappa shape index (κ3) is 4.44. The lowest BCUT2D eigenvalue weighted by molar-refractivity contribution is -0.127. The lowest BCUT2D eigenvalue weighted by Crippen LogP contribution is -2.45. The van der Waals surface area contributed by atoms with E-state index in [1.807, 2.05) is 0 Å². The molecule has 78 valence electrons. The summed E-state index contributed by atoms with van der Waals surface area (Å²) in [5, 5.41) is 0. The number of carbonyl (C=O) groups excluding carboxylic acids is 1. The number of hydrogen-bond donors (Lipinski definition) is 1. The molecule has 0 aromatic rings. The summed E-state index contributed by atoms with van der Waals surface area (Å²) in [6, 6.07) is 0. The third-order valence-corrected chi connectivity index (χ3v) is 3.11. The molecule has 1 amide bonds. The standard InChI is InChI=1S/C6H12ClNO4S/c1-5(9)8(7)6(2,3)4-13(10,11)12/h4H2,1-3H3,(H,10,11,12). The smallest absolute Gasteiger partial charge is 0.267 e. The molecule has 0 heterocycles. The summed E-state index contributed by atoms with van der Waals surface area (Å²) < 4.78 is 30.4. The van der Waals surface area contributed by atoms with E-state index in [1.54, 1.807) is 0 Å². The SMILES string of the molecule is CC(=O)N(Cl)C(C)(C)CS(=O)(=O)O. The van der Waals surface area contributed by atoms with E-state index in [9.17, 15) is 13.2 Å². The molecule has 7 heteroatoms. The first kappa shape index (κ1) is 12.7. The Balaban J connectivity index is 4.68. The van der Waals surface area contributed by atoms with Gasteiger partial charge in [0.1, 0.15) is 0 Å². The zero-order valence-electron chi connectivity index (χ0n) is 7.61. The highest BCUT2D eigenvalue weighted by Crippen LogP contribution is 2.18. The quantitative estimate of drug-likeness (QED) is 0.570. The molecule has 0 saturated carbocycles. The summed E-state index contributed by atoms with van der Waals surface area (Å²) in [6.07, 6.45) is 0. The van der Waals surface area contributed by atoms with Gasteiger partial charge in [0.15, 0.2) is 0 Å². The maximum Gasteiger partial charge on any atom is 0.267 e. The number of hydrogen-bond acceptors (Lipinski definition) is 3. The van der Waals surface area contributed by atoms with Crippen molar-refractivity contribution in [1.82, 2.24) is 4.42 Å². The van der Waals surface area contributed by atoms with E-state index in [0.29, 0.717) is 0 Å². The maximum atomic E-state index is 10.8. The average molecular weight is 230 g/mol. The van der Waals surface area contributed by atoms with Gasteiger partial charge < -0.3 is 0 Å². The third-order valence-electron chi connectivity index (χ3n) is 1.34. The fraction of sp³-hybridized carbons (Fsp3) is 0.833. The molecule has 0 radical (unpaired) electrons. The second kappa shape index (κ2) is 3.81. The Morgan fingerprint density at radius 3 is 2.15 bits per heavy atom. The van der Waals surface area contributed by atoms with Crippen LogP contribution in [0.2, 0.25) is 0 Å². The van der Waals surface area contributed by atoms with Crippen molar-refractivity contribution in [3.05, 3.63) is 0 Å². The van der Waals surface area contributed by atoms with Gasteiger partial charge in [-0.2, -0.15) is 8.42 Å². The van der Waals surface area contributed by atoms with Crippen molar-refractivity contribution in [2.45, 2.75) is 26.3 Å². The topological polar surface area (TPSA) is 74.7 Å². The first-order chi connectivity index (χ1) is 5.56. The predicted octanol–water partition coefficient (Wildman–Crippen LogP) is 0.655. The van der Waals surface area contributed by atoms with Crippen molar-refractivity contribution in [2.75, 3.05) is 5.75 Å². The molecule has 0 atom stereocenters. The summed E-state index contributed by atoms with van der Waals surface area (Å²) >= 11 is 5.52. The van der Waals surface area contributed by atoms with E-state index < -0.39 is 27.3 Å². The summed E-state index contributed by atoms with van der Waals surface area (Å²) in [6.45, 7) is 4.09. The van der Waals surface area contributed by atoms with Crippen LogP contribution in [0.3, 0.4) is 0 Å². The summed E-state index contributed by atoms with van der Waals surface area (Å²) in [5.74, 6) is -1.07. The fourth-order valence-electron chi connectivity index (χ4n) is 0.929.